The number of aromatic nitrogens is 2. The van der Waals surface area contributed by atoms with Gasteiger partial charge in [0.05, 0.1) is 0 Å². The highest BCUT2D eigenvalue weighted by atomic mass is 15.2. The van der Waals surface area contributed by atoms with Crippen LogP contribution in [0.2, 0.25) is 0 Å². The molecule has 1 heterocycles. The molecule has 1 atom stereocenters. The summed E-state index contributed by atoms with van der Waals surface area (Å²) in [6.07, 6.45) is 9.21. The van der Waals surface area contributed by atoms with E-state index in [0.29, 0.717) is 6.04 Å². The molecule has 0 saturated carbocycles. The maximum atomic E-state index is 4.31. The van der Waals surface area contributed by atoms with Crippen molar-refractivity contribution < 1.29 is 0 Å². The first-order chi connectivity index (χ1) is 7.31. The van der Waals surface area contributed by atoms with E-state index in [1.165, 1.54) is 12.8 Å². The first-order valence-electron chi connectivity index (χ1n) is 5.70. The van der Waals surface area contributed by atoms with Crippen molar-refractivity contribution in [1.82, 2.24) is 9.55 Å². The first kappa shape index (κ1) is 11.8. The van der Waals surface area contributed by atoms with Crippen molar-refractivity contribution in [3.05, 3.63) is 25.0 Å². The van der Waals surface area contributed by atoms with E-state index < -0.39 is 0 Å². The minimum Gasteiger partial charge on any atom is -0.353 e. The fourth-order valence-electron chi connectivity index (χ4n) is 1.65. The topological polar surface area (TPSA) is 29.9 Å². The molecule has 0 saturated heterocycles. The minimum absolute atomic E-state index is 0.529. The molecule has 0 fully saturated rings. The van der Waals surface area contributed by atoms with Crippen LogP contribution in [0.4, 0.5) is 5.95 Å². The molecular weight excluding hydrogens is 186 g/mol. The number of imidazole rings is 1. The van der Waals surface area contributed by atoms with Gasteiger partial charge in [-0.05, 0) is 12.8 Å². The molecule has 1 aromatic rings. The predicted molar refractivity (Wildman–Crippen MR) is 65.0 cm³/mol. The third kappa shape index (κ3) is 3.42. The van der Waals surface area contributed by atoms with Gasteiger partial charge < -0.3 is 9.88 Å². The maximum Gasteiger partial charge on any atom is 0.203 e. The Morgan fingerprint density at radius 1 is 1.60 bits per heavy atom. The lowest BCUT2D eigenvalue weighted by Gasteiger charge is -2.17. The summed E-state index contributed by atoms with van der Waals surface area (Å²) in [6.45, 7) is 8.96. The van der Waals surface area contributed by atoms with Crippen LogP contribution in [0.3, 0.4) is 0 Å². The zero-order chi connectivity index (χ0) is 11.1. The molecule has 1 unspecified atom stereocenters. The van der Waals surface area contributed by atoms with Crippen LogP contribution in [0.5, 0.6) is 0 Å². The highest BCUT2D eigenvalue weighted by Gasteiger charge is 2.07. The van der Waals surface area contributed by atoms with Crippen LogP contribution in [0, 0.1) is 0 Å². The maximum absolute atomic E-state index is 4.31. The lowest BCUT2D eigenvalue weighted by atomic mass is 10.1. The summed E-state index contributed by atoms with van der Waals surface area (Å²) >= 11 is 0. The fraction of sp³-hybridized carbons (Fsp3) is 0.583. The van der Waals surface area contributed by atoms with E-state index in [0.717, 1.165) is 18.9 Å². The van der Waals surface area contributed by atoms with Gasteiger partial charge in [-0.1, -0.05) is 26.3 Å². The largest absolute Gasteiger partial charge is 0.353 e. The second-order valence-electron chi connectivity index (χ2n) is 3.73. The molecular formula is C12H21N3. The molecule has 0 amide bonds. The van der Waals surface area contributed by atoms with E-state index in [4.69, 9.17) is 0 Å². The van der Waals surface area contributed by atoms with Gasteiger partial charge in [-0.15, -0.1) is 6.58 Å². The molecule has 0 aliphatic heterocycles. The lowest BCUT2D eigenvalue weighted by molar-refractivity contribution is 0.611. The van der Waals surface area contributed by atoms with Gasteiger partial charge in [-0.25, -0.2) is 4.98 Å². The van der Waals surface area contributed by atoms with Crippen molar-refractivity contribution in [1.29, 1.82) is 0 Å². The molecule has 0 aliphatic carbocycles. The van der Waals surface area contributed by atoms with Crippen LogP contribution < -0.4 is 5.32 Å². The molecule has 0 aliphatic rings. The average molecular weight is 207 g/mol. The van der Waals surface area contributed by atoms with Crippen LogP contribution >= 0.6 is 0 Å². The molecule has 0 bridgehead atoms. The quantitative estimate of drug-likeness (QED) is 0.696. The summed E-state index contributed by atoms with van der Waals surface area (Å²) in [5, 5.41) is 3.47. The van der Waals surface area contributed by atoms with E-state index in [1.54, 1.807) is 0 Å². The van der Waals surface area contributed by atoms with E-state index in [9.17, 15) is 0 Å². The molecule has 0 spiro atoms. The number of nitrogens with zero attached hydrogens (tertiary/aromatic N) is 2. The molecule has 0 radical (unpaired) electrons. The molecule has 84 valence electrons. The Balaban J connectivity index is 2.60. The molecule has 1 rings (SSSR count). The highest BCUT2D eigenvalue weighted by Crippen LogP contribution is 2.11. The molecule has 3 heteroatoms. The summed E-state index contributed by atoms with van der Waals surface area (Å²) < 4.78 is 2.07. The van der Waals surface area contributed by atoms with Gasteiger partial charge in [0.2, 0.25) is 5.95 Å². The van der Waals surface area contributed by atoms with E-state index in [2.05, 4.69) is 35.3 Å². The summed E-state index contributed by atoms with van der Waals surface area (Å²) in [7, 11) is 0. The summed E-state index contributed by atoms with van der Waals surface area (Å²) in [5.74, 6) is 0.954. The van der Waals surface area contributed by atoms with Crippen LogP contribution in [0.25, 0.3) is 0 Å². The van der Waals surface area contributed by atoms with Crippen LogP contribution in [-0.4, -0.2) is 15.6 Å². The van der Waals surface area contributed by atoms with Gasteiger partial charge >= 0.3 is 0 Å². The van der Waals surface area contributed by atoms with Crippen molar-refractivity contribution in [3.63, 3.8) is 0 Å². The molecule has 0 aromatic carbocycles. The number of allylic oxidation sites excluding steroid dienone is 1. The van der Waals surface area contributed by atoms with Gasteiger partial charge in [0.1, 0.15) is 0 Å². The molecule has 1 N–H and O–H groups in total. The van der Waals surface area contributed by atoms with Gasteiger partial charge in [-0.2, -0.15) is 0 Å². The van der Waals surface area contributed by atoms with Crippen molar-refractivity contribution in [3.8, 4) is 0 Å². The zero-order valence-corrected chi connectivity index (χ0v) is 9.74. The van der Waals surface area contributed by atoms with Crippen LogP contribution in [0.1, 0.15) is 33.1 Å². The van der Waals surface area contributed by atoms with Crippen molar-refractivity contribution in [2.24, 2.45) is 0 Å². The van der Waals surface area contributed by atoms with Gasteiger partial charge in [-0.3, -0.25) is 0 Å². The standard InChI is InChI=1S/C12H21N3/c1-4-7-11(6-3)14-12-13-8-10-15(12)9-5-2/h5,8,10-11H,2,4,6-7,9H2,1,3H3,(H,13,14). The summed E-state index contributed by atoms with van der Waals surface area (Å²) in [6, 6.07) is 0.529. The Bertz CT molecular complexity index is 291. The van der Waals surface area contributed by atoms with E-state index in [-0.39, 0.29) is 0 Å². The number of anilines is 1. The number of hydrogen-bond acceptors (Lipinski definition) is 2. The average Bonchev–Trinajstić information content (AvgIpc) is 2.66. The summed E-state index contributed by atoms with van der Waals surface area (Å²) in [5.41, 5.74) is 0. The van der Waals surface area contributed by atoms with Crippen molar-refractivity contribution in [2.75, 3.05) is 5.32 Å². The van der Waals surface area contributed by atoms with Crippen molar-refractivity contribution >= 4 is 5.95 Å². The molecule has 3 nitrogen and oxygen atoms in total. The third-order valence-corrected chi connectivity index (χ3v) is 2.50. The van der Waals surface area contributed by atoms with Gasteiger partial charge in [0.15, 0.2) is 0 Å². The highest BCUT2D eigenvalue weighted by molar-refractivity contribution is 5.27. The Morgan fingerprint density at radius 3 is 3.00 bits per heavy atom. The van der Waals surface area contributed by atoms with Crippen LogP contribution in [-0.2, 0) is 6.54 Å². The molecule has 1 aromatic heterocycles. The Labute approximate surface area is 92.2 Å². The Morgan fingerprint density at radius 2 is 2.40 bits per heavy atom. The summed E-state index contributed by atoms with van der Waals surface area (Å²) in [4.78, 5) is 4.31. The SMILES string of the molecule is C=CCn1ccnc1NC(CC)CCC. The van der Waals surface area contributed by atoms with Crippen molar-refractivity contribution in [2.45, 2.75) is 45.7 Å². The number of rotatable bonds is 7. The fourth-order valence-corrected chi connectivity index (χ4v) is 1.65. The van der Waals surface area contributed by atoms with Crippen LogP contribution in [0.15, 0.2) is 25.0 Å². The smallest absolute Gasteiger partial charge is 0.203 e. The zero-order valence-electron chi connectivity index (χ0n) is 9.74. The number of hydrogen-bond donors (Lipinski definition) is 1. The van der Waals surface area contributed by atoms with E-state index >= 15 is 0 Å². The number of nitrogens with one attached hydrogen (secondary N) is 1. The molecule has 15 heavy (non-hydrogen) atoms. The minimum atomic E-state index is 0.529. The van der Waals surface area contributed by atoms with E-state index in [1.807, 2.05) is 18.5 Å². The lowest BCUT2D eigenvalue weighted by Crippen LogP contribution is -2.20. The first-order valence-corrected chi connectivity index (χ1v) is 5.70. The normalized spacial score (nSPS) is 12.4. The van der Waals surface area contributed by atoms with Gasteiger partial charge in [0.25, 0.3) is 0 Å². The second kappa shape index (κ2) is 6.27. The van der Waals surface area contributed by atoms with Gasteiger partial charge in [0, 0.05) is 25.0 Å². The Kier molecular flexibility index (Phi) is 4.95. The third-order valence-electron chi connectivity index (χ3n) is 2.50. The Hall–Kier alpha value is -1.25. The monoisotopic (exact) mass is 207 g/mol. The predicted octanol–water partition coefficient (Wildman–Crippen LogP) is 3.06. The second-order valence-corrected chi connectivity index (χ2v) is 3.73.